The molecule has 0 aliphatic heterocycles. The van der Waals surface area contributed by atoms with Gasteiger partial charge in [-0.1, -0.05) is 20.8 Å². The van der Waals surface area contributed by atoms with Crippen LogP contribution in [-0.2, 0) is 0 Å². The third kappa shape index (κ3) is 4.10. The van der Waals surface area contributed by atoms with Crippen LogP contribution in [0.4, 0.5) is 4.39 Å². The molecule has 0 N–H and O–H groups in total. The molecule has 0 amide bonds. The van der Waals surface area contributed by atoms with E-state index in [1.54, 1.807) is 13.3 Å². The molecule has 0 fully saturated rings. The minimum absolute atomic E-state index is 0.473. The maximum absolute atomic E-state index is 12.3. The summed E-state index contributed by atoms with van der Waals surface area (Å²) >= 11 is 0. The second-order valence-electron chi connectivity index (χ2n) is 2.48. The highest BCUT2D eigenvalue weighted by molar-refractivity contribution is 4.70. The zero-order valence-corrected chi connectivity index (χ0v) is 5.82. The van der Waals surface area contributed by atoms with Gasteiger partial charge in [-0.2, -0.15) is 0 Å². The standard InChI is InChI=1S/C7H14F/c1-4-7(8)5-6(2)3/h4,6-7H,5H2,1-3H3. The lowest BCUT2D eigenvalue weighted by atomic mass is 10.1. The van der Waals surface area contributed by atoms with E-state index in [0.717, 1.165) is 0 Å². The van der Waals surface area contributed by atoms with E-state index >= 15 is 0 Å². The van der Waals surface area contributed by atoms with E-state index in [-0.39, 0.29) is 0 Å². The lowest BCUT2D eigenvalue weighted by molar-refractivity contribution is 0.320. The minimum atomic E-state index is -0.699. The van der Waals surface area contributed by atoms with E-state index in [1.807, 2.05) is 13.8 Å². The smallest absolute Gasteiger partial charge is 0.103 e. The van der Waals surface area contributed by atoms with Gasteiger partial charge in [-0.15, -0.1) is 0 Å². The van der Waals surface area contributed by atoms with Crippen molar-refractivity contribution >= 4 is 0 Å². The Bertz CT molecular complexity index is 50.3. The normalized spacial score (nSPS) is 14.6. The number of alkyl halides is 1. The molecule has 0 rings (SSSR count). The summed E-state index contributed by atoms with van der Waals surface area (Å²) in [6, 6.07) is 0. The molecule has 0 bridgehead atoms. The molecule has 1 heteroatoms. The Hall–Kier alpha value is -0.0700. The third-order valence-corrected chi connectivity index (χ3v) is 1.06. The Morgan fingerprint density at radius 2 is 2.00 bits per heavy atom. The van der Waals surface area contributed by atoms with Gasteiger partial charge in [0, 0.05) is 0 Å². The van der Waals surface area contributed by atoms with Crippen LogP contribution in [0.5, 0.6) is 0 Å². The molecule has 8 heavy (non-hydrogen) atoms. The van der Waals surface area contributed by atoms with E-state index in [2.05, 4.69) is 0 Å². The van der Waals surface area contributed by atoms with Gasteiger partial charge in [0.25, 0.3) is 0 Å². The van der Waals surface area contributed by atoms with Gasteiger partial charge >= 0.3 is 0 Å². The third-order valence-electron chi connectivity index (χ3n) is 1.06. The number of hydrogen-bond donors (Lipinski definition) is 0. The Balaban J connectivity index is 3.10. The van der Waals surface area contributed by atoms with Crippen molar-refractivity contribution < 1.29 is 4.39 Å². The predicted molar refractivity (Wildman–Crippen MR) is 34.3 cm³/mol. The van der Waals surface area contributed by atoms with Crippen molar-refractivity contribution in [2.24, 2.45) is 5.92 Å². The zero-order chi connectivity index (χ0) is 6.57. The van der Waals surface area contributed by atoms with Crippen LogP contribution < -0.4 is 0 Å². The molecule has 0 heterocycles. The van der Waals surface area contributed by atoms with Crippen molar-refractivity contribution in [3.8, 4) is 0 Å². The van der Waals surface area contributed by atoms with Gasteiger partial charge in [0.2, 0.25) is 0 Å². The number of hydrogen-bond acceptors (Lipinski definition) is 0. The molecule has 0 aromatic rings. The topological polar surface area (TPSA) is 0 Å². The maximum Gasteiger partial charge on any atom is 0.103 e. The first-order chi connectivity index (χ1) is 3.66. The fraction of sp³-hybridized carbons (Fsp3) is 0.857. The van der Waals surface area contributed by atoms with Gasteiger partial charge in [-0.25, -0.2) is 4.39 Å². The van der Waals surface area contributed by atoms with E-state index < -0.39 is 6.17 Å². The first kappa shape index (κ1) is 7.93. The molecular formula is C7H14F. The molecule has 0 saturated heterocycles. The predicted octanol–water partition coefficient (Wildman–Crippen LogP) is 2.59. The quantitative estimate of drug-likeness (QED) is 0.533. The average Bonchev–Trinajstić information content (AvgIpc) is 1.65. The molecule has 1 unspecified atom stereocenters. The van der Waals surface area contributed by atoms with Crippen molar-refractivity contribution in [2.45, 2.75) is 33.4 Å². The zero-order valence-electron chi connectivity index (χ0n) is 5.82. The van der Waals surface area contributed by atoms with Crippen LogP contribution >= 0.6 is 0 Å². The van der Waals surface area contributed by atoms with Crippen molar-refractivity contribution in [2.75, 3.05) is 0 Å². The molecule has 1 radical (unpaired) electrons. The fourth-order valence-electron chi connectivity index (χ4n) is 0.586. The molecule has 1 atom stereocenters. The van der Waals surface area contributed by atoms with Crippen LogP contribution in [0, 0.1) is 12.3 Å². The number of rotatable bonds is 3. The Morgan fingerprint density at radius 3 is 2.12 bits per heavy atom. The largest absolute Gasteiger partial charge is 0.247 e. The van der Waals surface area contributed by atoms with Gasteiger partial charge in [0.05, 0.1) is 0 Å². The van der Waals surface area contributed by atoms with Gasteiger partial charge in [-0.05, 0) is 18.8 Å². The van der Waals surface area contributed by atoms with Gasteiger partial charge in [-0.3, -0.25) is 0 Å². The molecule has 0 nitrogen and oxygen atoms in total. The molecule has 0 aromatic heterocycles. The lowest BCUT2D eigenvalue weighted by Crippen LogP contribution is -2.02. The summed E-state index contributed by atoms with van der Waals surface area (Å²) in [6.45, 7) is 5.80. The Kier molecular flexibility index (Phi) is 3.84. The maximum atomic E-state index is 12.3. The second-order valence-corrected chi connectivity index (χ2v) is 2.48. The van der Waals surface area contributed by atoms with Crippen LogP contribution in [0.15, 0.2) is 0 Å². The minimum Gasteiger partial charge on any atom is -0.247 e. The second kappa shape index (κ2) is 3.88. The van der Waals surface area contributed by atoms with Crippen molar-refractivity contribution in [3.05, 3.63) is 6.42 Å². The molecule has 49 valence electrons. The Morgan fingerprint density at radius 1 is 1.50 bits per heavy atom. The summed E-state index contributed by atoms with van der Waals surface area (Å²) in [7, 11) is 0. The monoisotopic (exact) mass is 117 g/mol. The van der Waals surface area contributed by atoms with Gasteiger partial charge in [0.1, 0.15) is 6.17 Å². The summed E-state index contributed by atoms with van der Waals surface area (Å²) < 4.78 is 12.3. The summed E-state index contributed by atoms with van der Waals surface area (Å²) in [4.78, 5) is 0. The molecule has 0 aliphatic carbocycles. The van der Waals surface area contributed by atoms with E-state index in [1.165, 1.54) is 0 Å². The highest BCUT2D eigenvalue weighted by Gasteiger charge is 2.04. The van der Waals surface area contributed by atoms with Crippen LogP contribution in [-0.4, -0.2) is 6.17 Å². The molecule has 0 aromatic carbocycles. The summed E-state index contributed by atoms with van der Waals surface area (Å²) in [5, 5.41) is 0. The van der Waals surface area contributed by atoms with Crippen LogP contribution in [0.1, 0.15) is 27.2 Å². The molecule has 0 aliphatic rings. The summed E-state index contributed by atoms with van der Waals surface area (Å²) in [5.74, 6) is 0.473. The molecular weight excluding hydrogens is 103 g/mol. The van der Waals surface area contributed by atoms with Crippen LogP contribution in [0.3, 0.4) is 0 Å². The number of halogens is 1. The summed E-state index contributed by atoms with van der Waals surface area (Å²) in [5.41, 5.74) is 0. The lowest BCUT2D eigenvalue weighted by Gasteiger charge is -2.05. The summed E-state index contributed by atoms with van der Waals surface area (Å²) in [6.07, 6.45) is 1.56. The fourth-order valence-corrected chi connectivity index (χ4v) is 0.586. The van der Waals surface area contributed by atoms with E-state index in [0.29, 0.717) is 12.3 Å². The van der Waals surface area contributed by atoms with Crippen molar-refractivity contribution in [1.82, 2.24) is 0 Å². The van der Waals surface area contributed by atoms with Crippen LogP contribution in [0.2, 0.25) is 0 Å². The van der Waals surface area contributed by atoms with Gasteiger partial charge < -0.3 is 0 Å². The molecule has 0 saturated carbocycles. The van der Waals surface area contributed by atoms with Gasteiger partial charge in [0.15, 0.2) is 0 Å². The van der Waals surface area contributed by atoms with Crippen LogP contribution in [0.25, 0.3) is 0 Å². The average molecular weight is 117 g/mol. The molecule has 0 spiro atoms. The first-order valence-corrected chi connectivity index (χ1v) is 3.10. The van der Waals surface area contributed by atoms with Crippen molar-refractivity contribution in [3.63, 3.8) is 0 Å². The highest BCUT2D eigenvalue weighted by atomic mass is 19.1. The SMILES string of the molecule is C[CH]C(F)CC(C)C. The Labute approximate surface area is 51.1 Å². The first-order valence-electron chi connectivity index (χ1n) is 3.10. The highest BCUT2D eigenvalue weighted by Crippen LogP contribution is 2.09. The van der Waals surface area contributed by atoms with Crippen molar-refractivity contribution in [1.29, 1.82) is 0 Å². The van der Waals surface area contributed by atoms with E-state index in [4.69, 9.17) is 0 Å². The van der Waals surface area contributed by atoms with E-state index in [9.17, 15) is 4.39 Å².